The van der Waals surface area contributed by atoms with Crippen LogP contribution in [-0.4, -0.2) is 65.0 Å². The Morgan fingerprint density at radius 1 is 1.04 bits per heavy atom. The van der Waals surface area contributed by atoms with Crippen molar-refractivity contribution in [2.45, 2.75) is 43.8 Å². The van der Waals surface area contributed by atoms with Gasteiger partial charge in [0.05, 0.1) is 22.9 Å². The van der Waals surface area contributed by atoms with Crippen LogP contribution in [0.5, 0.6) is 5.88 Å². The minimum Gasteiger partial charge on any atom is -0.476 e. The number of likely N-dealkylation sites (N-methyl/N-ethyl adjacent to an activating group) is 1. The molecule has 0 saturated heterocycles. The first-order chi connectivity index (χ1) is 21.5. The van der Waals surface area contributed by atoms with Gasteiger partial charge in [-0.3, -0.25) is 9.89 Å². The number of pyridine rings is 1. The maximum absolute atomic E-state index is 14.5. The van der Waals surface area contributed by atoms with Gasteiger partial charge >= 0.3 is 6.18 Å². The van der Waals surface area contributed by atoms with Crippen LogP contribution in [0.3, 0.4) is 0 Å². The van der Waals surface area contributed by atoms with Crippen LogP contribution in [0.4, 0.5) is 17.6 Å². The Kier molecular flexibility index (Phi) is 9.67. The van der Waals surface area contributed by atoms with Crippen LogP contribution in [0.2, 0.25) is 0 Å². The third-order valence-electron chi connectivity index (χ3n) is 7.98. The number of aromatic nitrogens is 3. The summed E-state index contributed by atoms with van der Waals surface area (Å²) in [5.41, 5.74) is 1.70. The summed E-state index contributed by atoms with van der Waals surface area (Å²) in [4.78, 5) is 17.8. The van der Waals surface area contributed by atoms with Crippen LogP contribution in [0.25, 0.3) is 22.0 Å². The van der Waals surface area contributed by atoms with E-state index in [1.54, 1.807) is 74.8 Å². The Bertz CT molecular complexity index is 1670. The largest absolute Gasteiger partial charge is 0.476 e. The normalized spacial score (nSPS) is 15.4. The summed E-state index contributed by atoms with van der Waals surface area (Å²) in [6, 6.07) is 16.4. The van der Waals surface area contributed by atoms with E-state index in [2.05, 4.69) is 20.5 Å². The van der Waals surface area contributed by atoms with Gasteiger partial charge in [-0.05, 0) is 53.3 Å². The van der Waals surface area contributed by atoms with E-state index in [9.17, 15) is 22.4 Å². The standard InChI is InChI=1S/C34H35F4N5O2/c1-43(2)30(44)11-8-18-40-33(16-6-7-17-33)22-45-29-15-13-25(21-39-29)31(24-12-14-28-26(19-24)32(35)42-41-28)27(20-34(36,37)38)23-9-4-3-5-10-23/h3-5,8-15,19,21,40H,6-7,16-18,20,22H2,1-2H3,(H,41,42)/b11-8?,31-27-. The summed E-state index contributed by atoms with van der Waals surface area (Å²) in [7, 11) is 3.39. The Hall–Kier alpha value is -4.51. The van der Waals surface area contributed by atoms with Gasteiger partial charge < -0.3 is 15.0 Å². The fourth-order valence-corrected chi connectivity index (χ4v) is 5.66. The van der Waals surface area contributed by atoms with Gasteiger partial charge in [0.1, 0.15) is 6.61 Å². The first-order valence-electron chi connectivity index (χ1n) is 14.7. The highest BCUT2D eigenvalue weighted by molar-refractivity contribution is 6.00. The molecule has 1 fully saturated rings. The lowest BCUT2D eigenvalue weighted by Crippen LogP contribution is -2.48. The van der Waals surface area contributed by atoms with Crippen molar-refractivity contribution >= 4 is 28.0 Å². The molecular formula is C34H35F4N5O2. The number of hydrogen-bond acceptors (Lipinski definition) is 5. The van der Waals surface area contributed by atoms with Crippen LogP contribution < -0.4 is 10.1 Å². The molecule has 236 valence electrons. The summed E-state index contributed by atoms with van der Waals surface area (Å²) in [5.74, 6) is -0.496. The first kappa shape index (κ1) is 31.9. The van der Waals surface area contributed by atoms with E-state index in [0.717, 1.165) is 25.7 Å². The number of carbonyl (C=O) groups excluding carboxylic acids is 1. The molecule has 2 aromatic heterocycles. The zero-order valence-electron chi connectivity index (χ0n) is 25.1. The molecule has 1 saturated carbocycles. The van der Waals surface area contributed by atoms with Crippen LogP contribution in [-0.2, 0) is 4.79 Å². The molecule has 0 bridgehead atoms. The van der Waals surface area contributed by atoms with E-state index in [4.69, 9.17) is 4.74 Å². The van der Waals surface area contributed by atoms with Gasteiger partial charge in [0.15, 0.2) is 0 Å². The van der Waals surface area contributed by atoms with Gasteiger partial charge in [-0.15, -0.1) is 5.10 Å². The molecule has 7 nitrogen and oxygen atoms in total. The fourth-order valence-electron chi connectivity index (χ4n) is 5.66. The van der Waals surface area contributed by atoms with Gasteiger partial charge in [0, 0.05) is 44.5 Å². The van der Waals surface area contributed by atoms with E-state index in [1.165, 1.54) is 23.2 Å². The molecule has 1 aliphatic carbocycles. The number of fused-ring (bicyclic) bond motifs is 1. The first-order valence-corrected chi connectivity index (χ1v) is 14.7. The minimum absolute atomic E-state index is 0.0386. The van der Waals surface area contributed by atoms with E-state index in [1.807, 2.05) is 0 Å². The molecule has 0 unspecified atom stereocenters. The van der Waals surface area contributed by atoms with Crippen molar-refractivity contribution < 1.29 is 27.1 Å². The average Bonchev–Trinajstić information content (AvgIpc) is 3.65. The molecule has 4 aromatic rings. The van der Waals surface area contributed by atoms with Gasteiger partial charge in [0.2, 0.25) is 17.7 Å². The highest BCUT2D eigenvalue weighted by Crippen LogP contribution is 2.40. The lowest BCUT2D eigenvalue weighted by molar-refractivity contribution is -0.124. The second-order valence-corrected chi connectivity index (χ2v) is 11.5. The van der Waals surface area contributed by atoms with Crippen LogP contribution >= 0.6 is 0 Å². The summed E-state index contributed by atoms with van der Waals surface area (Å²) >= 11 is 0. The van der Waals surface area contributed by atoms with Crippen LogP contribution in [0.1, 0.15) is 48.8 Å². The molecule has 0 aliphatic heterocycles. The number of rotatable bonds is 11. The van der Waals surface area contributed by atoms with Gasteiger partial charge in [-0.1, -0.05) is 55.3 Å². The summed E-state index contributed by atoms with van der Waals surface area (Å²) < 4.78 is 62.6. The molecular weight excluding hydrogens is 586 g/mol. The third-order valence-corrected chi connectivity index (χ3v) is 7.98. The number of alkyl halides is 3. The predicted molar refractivity (Wildman–Crippen MR) is 166 cm³/mol. The van der Waals surface area contributed by atoms with E-state index >= 15 is 0 Å². The third kappa shape index (κ3) is 7.96. The van der Waals surface area contributed by atoms with Crippen molar-refractivity contribution in [3.63, 3.8) is 0 Å². The molecule has 1 aliphatic rings. The Balaban J connectivity index is 1.45. The van der Waals surface area contributed by atoms with Crippen LogP contribution in [0, 0.1) is 5.95 Å². The summed E-state index contributed by atoms with van der Waals surface area (Å²) in [6.07, 6.45) is 3.00. The van der Waals surface area contributed by atoms with E-state index in [-0.39, 0.29) is 28.0 Å². The van der Waals surface area contributed by atoms with E-state index < -0.39 is 18.5 Å². The number of nitrogens with zero attached hydrogens (tertiary/aromatic N) is 3. The van der Waals surface area contributed by atoms with E-state index in [0.29, 0.717) is 41.2 Å². The maximum Gasteiger partial charge on any atom is 0.393 e. The van der Waals surface area contributed by atoms with Gasteiger partial charge in [-0.2, -0.15) is 17.6 Å². The number of amides is 1. The van der Waals surface area contributed by atoms with Crippen molar-refractivity contribution in [2.75, 3.05) is 27.2 Å². The molecule has 0 spiro atoms. The lowest BCUT2D eigenvalue weighted by Gasteiger charge is -2.29. The van der Waals surface area contributed by atoms with Crippen molar-refractivity contribution in [1.29, 1.82) is 0 Å². The molecule has 2 aromatic carbocycles. The molecule has 1 amide bonds. The number of benzene rings is 2. The average molecular weight is 622 g/mol. The van der Waals surface area contributed by atoms with Crippen LogP contribution in [0.15, 0.2) is 79.0 Å². The zero-order valence-corrected chi connectivity index (χ0v) is 25.1. The van der Waals surface area contributed by atoms with Crippen molar-refractivity contribution in [3.8, 4) is 5.88 Å². The second-order valence-electron chi connectivity index (χ2n) is 11.5. The summed E-state index contributed by atoms with van der Waals surface area (Å²) in [6.45, 7) is 0.851. The molecule has 2 heterocycles. The topological polar surface area (TPSA) is 83.1 Å². The number of ether oxygens (including phenoxy) is 1. The van der Waals surface area contributed by atoms with Gasteiger partial charge in [-0.25, -0.2) is 4.98 Å². The Morgan fingerprint density at radius 3 is 2.44 bits per heavy atom. The Morgan fingerprint density at radius 2 is 1.78 bits per heavy atom. The highest BCUT2D eigenvalue weighted by Gasteiger charge is 2.34. The minimum atomic E-state index is -4.50. The molecule has 11 heteroatoms. The summed E-state index contributed by atoms with van der Waals surface area (Å²) in [5, 5.41) is 9.88. The number of H-pyrrole nitrogens is 1. The zero-order chi connectivity index (χ0) is 32.0. The predicted octanol–water partition coefficient (Wildman–Crippen LogP) is 6.93. The quantitative estimate of drug-likeness (QED) is 0.108. The monoisotopic (exact) mass is 621 g/mol. The number of aromatic amines is 1. The molecule has 45 heavy (non-hydrogen) atoms. The number of halogens is 4. The Labute approximate surface area is 259 Å². The highest BCUT2D eigenvalue weighted by atomic mass is 19.4. The maximum atomic E-state index is 14.5. The smallest absolute Gasteiger partial charge is 0.393 e. The van der Waals surface area contributed by atoms with Gasteiger partial charge in [0.25, 0.3) is 0 Å². The number of nitrogens with one attached hydrogen (secondary N) is 2. The van der Waals surface area contributed by atoms with Crippen molar-refractivity contribution in [3.05, 3.63) is 102 Å². The second kappa shape index (κ2) is 13.6. The number of hydrogen-bond donors (Lipinski definition) is 2. The SMILES string of the molecule is CN(C)C(=O)C=CCNC1(COc2ccc(/C(=C(/CC(F)(F)F)c3ccccc3)c3ccc4[nH]nc(F)c4c3)cn2)CCCC1. The van der Waals surface area contributed by atoms with Crippen molar-refractivity contribution in [2.24, 2.45) is 0 Å². The molecule has 2 N–H and O–H groups in total. The number of carbonyl (C=O) groups is 1. The fraction of sp³-hybridized carbons (Fsp3) is 0.324. The molecule has 0 radical (unpaired) electrons. The molecule has 0 atom stereocenters. The lowest BCUT2D eigenvalue weighted by atomic mass is 9.88. The van der Waals surface area contributed by atoms with Crippen molar-refractivity contribution in [1.82, 2.24) is 25.4 Å². The number of allylic oxidation sites excluding steroid dienone is 1. The molecule has 5 rings (SSSR count).